The Morgan fingerprint density at radius 1 is 1.33 bits per heavy atom. The number of rotatable bonds is 3. The summed E-state index contributed by atoms with van der Waals surface area (Å²) in [5.41, 5.74) is 0. The first-order valence-corrected chi connectivity index (χ1v) is 4.33. The van der Waals surface area contributed by atoms with Gasteiger partial charge in [0.15, 0.2) is 0 Å². The standard InChI is InChI=1S/C8H15F2NO/c9-8(10,6-12)5-7-1-3-11-4-2-7/h7,11-12H,1-6H2. The van der Waals surface area contributed by atoms with Crippen molar-refractivity contribution in [3.05, 3.63) is 0 Å². The Kier molecular flexibility index (Phi) is 3.40. The van der Waals surface area contributed by atoms with E-state index in [0.717, 1.165) is 25.9 Å². The van der Waals surface area contributed by atoms with E-state index >= 15 is 0 Å². The molecule has 1 heterocycles. The lowest BCUT2D eigenvalue weighted by Crippen LogP contribution is -2.33. The molecule has 0 aromatic rings. The average Bonchev–Trinajstić information content (AvgIpc) is 2.06. The molecule has 1 saturated heterocycles. The molecule has 0 aromatic carbocycles. The summed E-state index contributed by atoms with van der Waals surface area (Å²) in [5.74, 6) is -2.80. The lowest BCUT2D eigenvalue weighted by Gasteiger charge is -2.25. The van der Waals surface area contributed by atoms with E-state index in [0.29, 0.717) is 0 Å². The van der Waals surface area contributed by atoms with Crippen LogP contribution in [0.5, 0.6) is 0 Å². The van der Waals surface area contributed by atoms with Gasteiger partial charge in [0, 0.05) is 6.42 Å². The zero-order chi connectivity index (χ0) is 9.03. The summed E-state index contributed by atoms with van der Waals surface area (Å²) >= 11 is 0. The molecule has 4 heteroatoms. The molecular weight excluding hydrogens is 164 g/mol. The van der Waals surface area contributed by atoms with E-state index in [9.17, 15) is 8.78 Å². The van der Waals surface area contributed by atoms with Crippen molar-refractivity contribution in [1.29, 1.82) is 0 Å². The highest BCUT2D eigenvalue weighted by Gasteiger charge is 2.31. The number of halogens is 2. The molecule has 0 radical (unpaired) electrons. The second-order valence-electron chi connectivity index (χ2n) is 3.41. The first-order chi connectivity index (χ1) is 5.64. The van der Waals surface area contributed by atoms with Crippen LogP contribution in [0.25, 0.3) is 0 Å². The van der Waals surface area contributed by atoms with Gasteiger partial charge in [0.1, 0.15) is 6.61 Å². The second-order valence-corrected chi connectivity index (χ2v) is 3.41. The minimum Gasteiger partial charge on any atom is -0.390 e. The van der Waals surface area contributed by atoms with Crippen molar-refractivity contribution < 1.29 is 13.9 Å². The van der Waals surface area contributed by atoms with Crippen molar-refractivity contribution >= 4 is 0 Å². The molecule has 0 bridgehead atoms. The molecule has 0 saturated carbocycles. The highest BCUT2D eigenvalue weighted by atomic mass is 19.3. The zero-order valence-corrected chi connectivity index (χ0v) is 7.02. The van der Waals surface area contributed by atoms with E-state index in [-0.39, 0.29) is 12.3 Å². The molecule has 1 fully saturated rings. The summed E-state index contributed by atoms with van der Waals surface area (Å²) < 4.78 is 25.3. The van der Waals surface area contributed by atoms with E-state index < -0.39 is 12.5 Å². The molecule has 0 aliphatic carbocycles. The van der Waals surface area contributed by atoms with Gasteiger partial charge >= 0.3 is 0 Å². The maximum absolute atomic E-state index is 12.7. The average molecular weight is 179 g/mol. The fraction of sp³-hybridized carbons (Fsp3) is 1.00. The number of piperidine rings is 1. The molecular formula is C8H15F2NO. The minimum atomic E-state index is -2.87. The van der Waals surface area contributed by atoms with Crippen molar-refractivity contribution in [2.75, 3.05) is 19.7 Å². The van der Waals surface area contributed by atoms with Gasteiger partial charge < -0.3 is 10.4 Å². The maximum Gasteiger partial charge on any atom is 0.270 e. The molecule has 0 unspecified atom stereocenters. The number of hydrogen-bond acceptors (Lipinski definition) is 2. The van der Waals surface area contributed by atoms with Gasteiger partial charge in [0.25, 0.3) is 5.92 Å². The highest BCUT2D eigenvalue weighted by Crippen LogP contribution is 2.27. The topological polar surface area (TPSA) is 32.3 Å². The third-order valence-electron chi connectivity index (χ3n) is 2.28. The Hall–Kier alpha value is -0.220. The molecule has 2 nitrogen and oxygen atoms in total. The molecule has 0 amide bonds. The predicted molar refractivity (Wildman–Crippen MR) is 42.2 cm³/mol. The van der Waals surface area contributed by atoms with Crippen LogP contribution in [0.2, 0.25) is 0 Å². The molecule has 1 aliphatic rings. The van der Waals surface area contributed by atoms with Crippen LogP contribution >= 0.6 is 0 Å². The Morgan fingerprint density at radius 2 is 1.92 bits per heavy atom. The Bertz CT molecular complexity index is 135. The molecule has 0 atom stereocenters. The first kappa shape index (κ1) is 9.86. The Balaban J connectivity index is 2.28. The van der Waals surface area contributed by atoms with Crippen LogP contribution in [-0.2, 0) is 0 Å². The van der Waals surface area contributed by atoms with Crippen molar-refractivity contribution in [2.24, 2.45) is 5.92 Å². The first-order valence-electron chi connectivity index (χ1n) is 4.33. The fourth-order valence-electron chi connectivity index (χ4n) is 1.57. The molecule has 2 N–H and O–H groups in total. The van der Waals surface area contributed by atoms with E-state index in [1.165, 1.54) is 0 Å². The summed E-state index contributed by atoms with van der Waals surface area (Å²) in [4.78, 5) is 0. The smallest absolute Gasteiger partial charge is 0.270 e. The van der Waals surface area contributed by atoms with Gasteiger partial charge in [-0.05, 0) is 31.8 Å². The molecule has 1 rings (SSSR count). The van der Waals surface area contributed by atoms with E-state index in [1.807, 2.05) is 0 Å². The summed E-state index contributed by atoms with van der Waals surface area (Å²) in [6.07, 6.45) is 1.44. The largest absolute Gasteiger partial charge is 0.390 e. The van der Waals surface area contributed by atoms with Crippen molar-refractivity contribution in [3.8, 4) is 0 Å². The van der Waals surface area contributed by atoms with E-state index in [1.54, 1.807) is 0 Å². The van der Waals surface area contributed by atoms with Crippen molar-refractivity contribution in [3.63, 3.8) is 0 Å². The SMILES string of the molecule is OCC(F)(F)CC1CCNCC1. The molecule has 72 valence electrons. The van der Waals surface area contributed by atoms with Gasteiger partial charge in [0.05, 0.1) is 0 Å². The van der Waals surface area contributed by atoms with Gasteiger partial charge in [-0.3, -0.25) is 0 Å². The lowest BCUT2D eigenvalue weighted by atomic mass is 9.92. The van der Waals surface area contributed by atoms with Gasteiger partial charge in [-0.1, -0.05) is 0 Å². The Labute approximate surface area is 71.0 Å². The monoisotopic (exact) mass is 179 g/mol. The second kappa shape index (κ2) is 4.14. The van der Waals surface area contributed by atoms with Gasteiger partial charge in [-0.25, -0.2) is 8.78 Å². The van der Waals surface area contributed by atoms with E-state index in [4.69, 9.17) is 5.11 Å². The van der Waals surface area contributed by atoms with E-state index in [2.05, 4.69) is 5.32 Å². The third-order valence-corrected chi connectivity index (χ3v) is 2.28. The molecule has 0 aromatic heterocycles. The molecule has 1 aliphatic heterocycles. The molecule has 0 spiro atoms. The summed E-state index contributed by atoms with van der Waals surface area (Å²) in [6, 6.07) is 0. The third kappa shape index (κ3) is 3.03. The van der Waals surface area contributed by atoms with Crippen LogP contribution in [0.4, 0.5) is 8.78 Å². The summed E-state index contributed by atoms with van der Waals surface area (Å²) in [6.45, 7) is 0.634. The lowest BCUT2D eigenvalue weighted by molar-refractivity contribution is -0.0700. The van der Waals surface area contributed by atoms with Crippen LogP contribution in [0, 0.1) is 5.92 Å². The number of aliphatic hydroxyl groups is 1. The summed E-state index contributed by atoms with van der Waals surface area (Å²) in [7, 11) is 0. The number of alkyl halides is 2. The minimum absolute atomic E-state index is 0.0772. The normalized spacial score (nSPS) is 21.2. The maximum atomic E-state index is 12.7. The van der Waals surface area contributed by atoms with Gasteiger partial charge in [-0.2, -0.15) is 0 Å². The quantitative estimate of drug-likeness (QED) is 0.677. The van der Waals surface area contributed by atoms with Crippen LogP contribution in [0.15, 0.2) is 0 Å². The van der Waals surface area contributed by atoms with Crippen LogP contribution in [-0.4, -0.2) is 30.7 Å². The van der Waals surface area contributed by atoms with Crippen molar-refractivity contribution in [2.45, 2.75) is 25.2 Å². The number of aliphatic hydroxyl groups excluding tert-OH is 1. The Morgan fingerprint density at radius 3 is 2.42 bits per heavy atom. The van der Waals surface area contributed by atoms with Crippen LogP contribution < -0.4 is 5.32 Å². The molecule has 12 heavy (non-hydrogen) atoms. The van der Waals surface area contributed by atoms with Crippen LogP contribution in [0.1, 0.15) is 19.3 Å². The van der Waals surface area contributed by atoms with Gasteiger partial charge in [-0.15, -0.1) is 0 Å². The van der Waals surface area contributed by atoms with Crippen molar-refractivity contribution in [1.82, 2.24) is 5.32 Å². The number of hydrogen-bond donors (Lipinski definition) is 2. The van der Waals surface area contributed by atoms with Gasteiger partial charge in [0.2, 0.25) is 0 Å². The summed E-state index contributed by atoms with van der Waals surface area (Å²) in [5, 5.41) is 11.5. The van der Waals surface area contributed by atoms with Crippen LogP contribution in [0.3, 0.4) is 0 Å². The zero-order valence-electron chi connectivity index (χ0n) is 7.02. The number of nitrogens with one attached hydrogen (secondary N) is 1. The predicted octanol–water partition coefficient (Wildman–Crippen LogP) is 1.00. The highest BCUT2D eigenvalue weighted by molar-refractivity contribution is 4.75. The fourth-order valence-corrected chi connectivity index (χ4v) is 1.57.